The number of hydrogen-bond donors (Lipinski definition) is 1. The van der Waals surface area contributed by atoms with Crippen molar-refractivity contribution in [2.24, 2.45) is 0 Å². The van der Waals surface area contributed by atoms with E-state index in [0.29, 0.717) is 18.9 Å². The zero-order valence-corrected chi connectivity index (χ0v) is 24.1. The molecule has 8 nitrogen and oxygen atoms in total. The van der Waals surface area contributed by atoms with Gasteiger partial charge in [0, 0.05) is 29.9 Å². The molecule has 216 valence electrons. The minimum atomic E-state index is -0.593. The summed E-state index contributed by atoms with van der Waals surface area (Å²) in [6, 6.07) is 21.9. The average Bonchev–Trinajstić information content (AvgIpc) is 3.66. The summed E-state index contributed by atoms with van der Waals surface area (Å²) in [7, 11) is 0. The van der Waals surface area contributed by atoms with Gasteiger partial charge in [0.05, 0.1) is 18.0 Å². The van der Waals surface area contributed by atoms with E-state index in [-0.39, 0.29) is 41.0 Å². The quantitative estimate of drug-likeness (QED) is 0.226. The summed E-state index contributed by atoms with van der Waals surface area (Å²) in [6.07, 6.45) is 4.08. The van der Waals surface area contributed by atoms with Gasteiger partial charge >= 0.3 is 35.3 Å². The topological polar surface area (TPSA) is 103 Å². The van der Waals surface area contributed by atoms with E-state index < -0.39 is 5.76 Å². The van der Waals surface area contributed by atoms with Crippen LogP contribution in [0.4, 0.5) is 0 Å². The summed E-state index contributed by atoms with van der Waals surface area (Å²) < 4.78 is 12.2. The fourth-order valence-electron chi connectivity index (χ4n) is 5.59. The van der Waals surface area contributed by atoms with Crippen LogP contribution in [0.15, 0.2) is 80.8 Å². The summed E-state index contributed by atoms with van der Waals surface area (Å²) in [5, 5.41) is 3.87. The van der Waals surface area contributed by atoms with Gasteiger partial charge < -0.3 is 4.74 Å². The number of nitrogens with zero attached hydrogens (tertiary/aromatic N) is 3. The Morgan fingerprint density at radius 3 is 2.47 bits per heavy atom. The first-order valence-electron chi connectivity index (χ1n) is 14.6. The number of benzene rings is 3. The molecule has 1 N–H and O–H groups in total. The number of ether oxygens (including phenoxy) is 1. The van der Waals surface area contributed by atoms with Crippen LogP contribution in [-0.4, -0.2) is 55.9 Å². The number of fused-ring (bicyclic) bond motifs is 1. The summed E-state index contributed by atoms with van der Waals surface area (Å²) in [5.41, 5.74) is 7.25. The zero-order chi connectivity index (χ0) is 29.2. The molecule has 0 aliphatic carbocycles. The molecule has 0 fully saturated rings. The van der Waals surface area contributed by atoms with Crippen molar-refractivity contribution in [2.75, 3.05) is 6.61 Å². The predicted molar refractivity (Wildman–Crippen MR) is 170 cm³/mol. The predicted octanol–water partition coefficient (Wildman–Crippen LogP) is 5.59. The van der Waals surface area contributed by atoms with Crippen molar-refractivity contribution >= 4 is 29.6 Å². The van der Waals surface area contributed by atoms with Gasteiger partial charge in [-0.25, -0.2) is 9.78 Å². The van der Waals surface area contributed by atoms with Crippen molar-refractivity contribution in [3.63, 3.8) is 0 Å². The average molecular weight is 587 g/mol. The molecule has 0 radical (unpaired) electrons. The molecule has 1 aliphatic heterocycles. The molecule has 0 spiro atoms. The van der Waals surface area contributed by atoms with Crippen LogP contribution in [0.25, 0.3) is 28.2 Å². The molecule has 5 aromatic rings. The summed E-state index contributed by atoms with van der Waals surface area (Å²) in [4.78, 5) is 33.6. The molecule has 0 saturated carbocycles. The van der Waals surface area contributed by atoms with E-state index in [0.717, 1.165) is 82.0 Å². The minimum absolute atomic E-state index is 0. The molecule has 3 heterocycles. The van der Waals surface area contributed by atoms with Crippen molar-refractivity contribution in [3.8, 4) is 34.0 Å². The molecular formula is C34H35N4NaO4. The van der Waals surface area contributed by atoms with Crippen molar-refractivity contribution in [2.45, 2.75) is 58.8 Å². The molecule has 0 atom stereocenters. The number of rotatable bonds is 9. The van der Waals surface area contributed by atoms with Crippen LogP contribution >= 0.6 is 0 Å². The second-order valence-corrected chi connectivity index (χ2v) is 11.0. The normalized spacial score (nSPS) is 12.2. The first-order chi connectivity index (χ1) is 20.4. The van der Waals surface area contributed by atoms with Gasteiger partial charge in [-0.3, -0.25) is 18.9 Å². The SMILES string of the molecule is CCCCc1nc(C(C)C)n(-c2ccc3c(c2)CCO3)c(=O)c1Cc1ccc(-c2ccccc2-c2noc(=O)[nH]2)cc1.[NaH]. The van der Waals surface area contributed by atoms with E-state index in [9.17, 15) is 9.59 Å². The molecule has 2 aromatic heterocycles. The molecule has 0 bridgehead atoms. The number of unbranched alkanes of at least 4 members (excludes halogenated alkanes) is 1. The maximum atomic E-state index is 14.3. The Hall–Kier alpha value is -3.72. The second kappa shape index (κ2) is 13.3. The fourth-order valence-corrected chi connectivity index (χ4v) is 5.59. The van der Waals surface area contributed by atoms with Gasteiger partial charge in [0.15, 0.2) is 5.82 Å². The Kier molecular flexibility index (Phi) is 9.49. The molecule has 3 aromatic carbocycles. The Labute approximate surface area is 272 Å². The zero-order valence-electron chi connectivity index (χ0n) is 24.1. The van der Waals surface area contributed by atoms with Gasteiger partial charge in [-0.05, 0) is 53.3 Å². The van der Waals surface area contributed by atoms with Gasteiger partial charge in [0.2, 0.25) is 0 Å². The summed E-state index contributed by atoms with van der Waals surface area (Å²) in [6.45, 7) is 7.00. The van der Waals surface area contributed by atoms with Gasteiger partial charge in [0.1, 0.15) is 11.6 Å². The van der Waals surface area contributed by atoms with E-state index in [1.807, 2.05) is 60.7 Å². The number of aromatic amines is 1. The molecule has 0 amide bonds. The third-order valence-corrected chi connectivity index (χ3v) is 7.77. The van der Waals surface area contributed by atoms with Crippen molar-refractivity contribution in [3.05, 3.63) is 116 Å². The van der Waals surface area contributed by atoms with Gasteiger partial charge in [-0.15, -0.1) is 0 Å². The van der Waals surface area contributed by atoms with E-state index in [1.54, 1.807) is 4.57 Å². The van der Waals surface area contributed by atoms with Crippen LogP contribution in [0.3, 0.4) is 0 Å². The van der Waals surface area contributed by atoms with E-state index in [1.165, 1.54) is 0 Å². The van der Waals surface area contributed by atoms with Crippen LogP contribution < -0.4 is 16.1 Å². The molecule has 9 heteroatoms. The van der Waals surface area contributed by atoms with Crippen LogP contribution in [0.2, 0.25) is 0 Å². The monoisotopic (exact) mass is 586 g/mol. The van der Waals surface area contributed by atoms with Crippen molar-refractivity contribution in [1.82, 2.24) is 19.7 Å². The standard InChI is InChI=1S/C34H34N4O4.Na.H/c1-4-5-10-29-28(33(39)38(32(35-29)21(2)3)25-15-16-30-24(20-25)17-18-41-30)19-22-11-13-23(14-12-22)26-8-6-7-9-27(26)31-36-34(40)42-37-31;;/h6-9,11-16,20-21H,4-5,10,17-19H2,1-3H3,(H,36,37,40);;. The third kappa shape index (κ3) is 6.32. The Balaban J connectivity index is 0.00000368. The number of hydrogen-bond acceptors (Lipinski definition) is 6. The molecule has 0 saturated heterocycles. The van der Waals surface area contributed by atoms with Gasteiger partial charge in [-0.1, -0.05) is 80.9 Å². The van der Waals surface area contributed by atoms with Crippen LogP contribution in [-0.2, 0) is 19.3 Å². The fraction of sp³-hybridized carbons (Fsp3) is 0.294. The number of H-pyrrole nitrogens is 1. The number of aromatic nitrogens is 4. The Bertz CT molecular complexity index is 1850. The van der Waals surface area contributed by atoms with Crippen molar-refractivity contribution in [1.29, 1.82) is 0 Å². The van der Waals surface area contributed by atoms with E-state index in [4.69, 9.17) is 14.2 Å². The second-order valence-electron chi connectivity index (χ2n) is 11.0. The number of nitrogens with one attached hydrogen (secondary N) is 1. The third-order valence-electron chi connectivity index (χ3n) is 7.77. The van der Waals surface area contributed by atoms with Crippen LogP contribution in [0.5, 0.6) is 5.75 Å². The van der Waals surface area contributed by atoms with E-state index >= 15 is 0 Å². The first kappa shape index (κ1) is 30.7. The van der Waals surface area contributed by atoms with Crippen LogP contribution in [0.1, 0.15) is 67.7 Å². The van der Waals surface area contributed by atoms with E-state index in [2.05, 4.69) is 37.0 Å². The molecule has 6 rings (SSSR count). The number of aryl methyl sites for hydroxylation is 1. The summed E-state index contributed by atoms with van der Waals surface area (Å²) in [5.74, 6) is 1.55. The molecule has 43 heavy (non-hydrogen) atoms. The van der Waals surface area contributed by atoms with Crippen LogP contribution in [0, 0.1) is 0 Å². The van der Waals surface area contributed by atoms with Gasteiger partial charge in [0.25, 0.3) is 5.56 Å². The summed E-state index contributed by atoms with van der Waals surface area (Å²) >= 11 is 0. The Morgan fingerprint density at radius 1 is 1.00 bits per heavy atom. The maximum absolute atomic E-state index is 14.3. The molecule has 0 unspecified atom stereocenters. The van der Waals surface area contributed by atoms with Crippen molar-refractivity contribution < 1.29 is 9.26 Å². The van der Waals surface area contributed by atoms with Gasteiger partial charge in [-0.2, -0.15) is 0 Å². The molecular weight excluding hydrogens is 551 g/mol. The first-order valence-corrected chi connectivity index (χ1v) is 14.6. The Morgan fingerprint density at radius 2 is 1.77 bits per heavy atom. The molecule has 1 aliphatic rings.